The van der Waals surface area contributed by atoms with Crippen LogP contribution in [0.15, 0.2) is 0 Å². The summed E-state index contributed by atoms with van der Waals surface area (Å²) in [7, 11) is 0. The predicted octanol–water partition coefficient (Wildman–Crippen LogP) is 0.265. The fourth-order valence-corrected chi connectivity index (χ4v) is 5.71. The van der Waals surface area contributed by atoms with Crippen molar-refractivity contribution in [3.8, 4) is 0 Å². The first-order valence-corrected chi connectivity index (χ1v) is 4.79. The second kappa shape index (κ2) is 0.949. The molecule has 4 saturated carbocycles. The van der Waals surface area contributed by atoms with E-state index in [0.717, 1.165) is 23.7 Å². The molecule has 6 rings (SSSR count). The lowest BCUT2D eigenvalue weighted by Crippen LogP contribution is -2.88. The summed E-state index contributed by atoms with van der Waals surface area (Å²) in [5.74, 6) is 4.68. The minimum Gasteiger partial charge on any atom is -0.374 e. The molecule has 0 aromatic heterocycles. The van der Waals surface area contributed by atoms with Crippen molar-refractivity contribution in [1.82, 2.24) is 4.42 Å². The summed E-state index contributed by atoms with van der Waals surface area (Å²) in [5, 5.41) is 10.1. The van der Waals surface area contributed by atoms with Crippen LogP contribution in [0.1, 0.15) is 0 Å². The van der Waals surface area contributed by atoms with Gasteiger partial charge in [-0.15, -0.1) is 0 Å². The Balaban J connectivity index is 1.88. The Labute approximate surface area is 69.2 Å². The van der Waals surface area contributed by atoms with Crippen LogP contribution in [0.2, 0.25) is 0 Å². The standard InChI is InChI=1S/C8H8ClNO/c9-10-7-3-1-2-5(3)8(10,11)6(2)4(1)7/h1-7,11H. The maximum absolute atomic E-state index is 10.1. The Morgan fingerprint density at radius 3 is 2.09 bits per heavy atom. The number of nitrogens with zero attached hydrogens (tertiary/aromatic N) is 1. The molecule has 2 aliphatic heterocycles. The number of hydrogen-bond acceptors (Lipinski definition) is 2. The topological polar surface area (TPSA) is 23.5 Å². The summed E-state index contributed by atoms with van der Waals surface area (Å²) in [6, 6.07) is 0.576. The highest BCUT2D eigenvalue weighted by atomic mass is 35.5. The van der Waals surface area contributed by atoms with Gasteiger partial charge in [-0.1, -0.05) is 0 Å². The van der Waals surface area contributed by atoms with E-state index in [2.05, 4.69) is 0 Å². The summed E-state index contributed by atoms with van der Waals surface area (Å²) in [5.41, 5.74) is -0.527. The molecule has 1 N–H and O–H groups in total. The van der Waals surface area contributed by atoms with Gasteiger partial charge in [0.05, 0.1) is 0 Å². The molecule has 4 unspecified atom stereocenters. The molecule has 2 bridgehead atoms. The van der Waals surface area contributed by atoms with Crippen molar-refractivity contribution >= 4 is 11.8 Å². The third kappa shape index (κ3) is 0.203. The van der Waals surface area contributed by atoms with E-state index >= 15 is 0 Å². The van der Waals surface area contributed by atoms with Crippen LogP contribution in [-0.4, -0.2) is 21.3 Å². The van der Waals surface area contributed by atoms with Crippen LogP contribution in [0, 0.1) is 35.5 Å². The van der Waals surface area contributed by atoms with Gasteiger partial charge in [0.15, 0.2) is 0 Å². The molecule has 3 heteroatoms. The Hall–Kier alpha value is 0.210. The van der Waals surface area contributed by atoms with Gasteiger partial charge in [0.2, 0.25) is 0 Å². The van der Waals surface area contributed by atoms with Crippen LogP contribution >= 0.6 is 11.8 Å². The molecule has 0 aromatic carbocycles. The predicted molar refractivity (Wildman–Crippen MR) is 37.4 cm³/mol. The SMILES string of the molecule is OC12C3C4C5C(C4N1Cl)C2C53. The van der Waals surface area contributed by atoms with Crippen molar-refractivity contribution in [2.45, 2.75) is 11.8 Å². The second-order valence-electron chi connectivity index (χ2n) is 4.95. The van der Waals surface area contributed by atoms with E-state index in [9.17, 15) is 5.11 Å². The van der Waals surface area contributed by atoms with E-state index in [1.807, 2.05) is 0 Å². The quantitative estimate of drug-likeness (QED) is 0.526. The Morgan fingerprint density at radius 1 is 1.09 bits per heavy atom. The van der Waals surface area contributed by atoms with Crippen molar-refractivity contribution in [1.29, 1.82) is 0 Å². The van der Waals surface area contributed by atoms with E-state index in [-0.39, 0.29) is 0 Å². The van der Waals surface area contributed by atoms with Crippen LogP contribution in [0.25, 0.3) is 0 Å². The molecule has 2 saturated heterocycles. The Kier molecular flexibility index (Phi) is 0.436. The largest absolute Gasteiger partial charge is 0.374 e. The molecule has 0 amide bonds. The van der Waals surface area contributed by atoms with Crippen molar-refractivity contribution in [3.05, 3.63) is 0 Å². The maximum Gasteiger partial charge on any atom is 0.138 e. The molecule has 58 valence electrons. The highest BCUT2D eigenvalue weighted by molar-refractivity contribution is 6.15. The van der Waals surface area contributed by atoms with Gasteiger partial charge in [-0.25, -0.2) is 0 Å². The monoisotopic (exact) mass is 169 g/mol. The average Bonchev–Trinajstić information content (AvgIpc) is 2.14. The summed E-state index contributed by atoms with van der Waals surface area (Å²) < 4.78 is 1.76. The van der Waals surface area contributed by atoms with E-state index in [1.165, 1.54) is 0 Å². The molecule has 0 aromatic rings. The van der Waals surface area contributed by atoms with E-state index in [1.54, 1.807) is 4.42 Å². The minimum absolute atomic E-state index is 0.527. The zero-order valence-electron chi connectivity index (χ0n) is 5.81. The highest BCUT2D eigenvalue weighted by Gasteiger charge is 2.99. The lowest BCUT2D eigenvalue weighted by Gasteiger charge is -2.84. The van der Waals surface area contributed by atoms with E-state index in [4.69, 9.17) is 11.8 Å². The highest BCUT2D eigenvalue weighted by Crippen LogP contribution is 2.93. The number of hydrogen-bond donors (Lipinski definition) is 1. The number of halogens is 1. The summed E-state index contributed by atoms with van der Waals surface area (Å²) in [6.07, 6.45) is 0. The lowest BCUT2D eigenvalue weighted by atomic mass is 9.19. The molecule has 2 nitrogen and oxygen atoms in total. The van der Waals surface area contributed by atoms with Crippen LogP contribution in [0.3, 0.4) is 0 Å². The first-order valence-electron chi connectivity index (χ1n) is 4.45. The maximum atomic E-state index is 10.1. The first kappa shape index (κ1) is 5.05. The molecular formula is C8H8ClNO. The first-order chi connectivity index (χ1) is 5.28. The van der Waals surface area contributed by atoms with Gasteiger partial charge in [-0.3, -0.25) is 0 Å². The summed E-state index contributed by atoms with van der Waals surface area (Å²) in [4.78, 5) is 0. The second-order valence-corrected chi connectivity index (χ2v) is 5.31. The van der Waals surface area contributed by atoms with E-state index < -0.39 is 5.72 Å². The third-order valence-electron chi connectivity index (χ3n) is 5.37. The molecule has 0 radical (unpaired) electrons. The fourth-order valence-electron chi connectivity index (χ4n) is 5.23. The zero-order valence-corrected chi connectivity index (χ0v) is 6.57. The molecule has 6 fully saturated rings. The minimum atomic E-state index is -0.527. The number of rotatable bonds is 0. The van der Waals surface area contributed by atoms with Gasteiger partial charge >= 0.3 is 0 Å². The van der Waals surface area contributed by atoms with Crippen LogP contribution in [0.4, 0.5) is 0 Å². The average molecular weight is 170 g/mol. The van der Waals surface area contributed by atoms with Gasteiger partial charge in [-0.2, -0.15) is 4.42 Å². The van der Waals surface area contributed by atoms with Crippen molar-refractivity contribution in [3.63, 3.8) is 0 Å². The fraction of sp³-hybridized carbons (Fsp3) is 1.00. The molecule has 4 atom stereocenters. The van der Waals surface area contributed by atoms with Crippen LogP contribution in [-0.2, 0) is 0 Å². The molecule has 0 spiro atoms. The lowest BCUT2D eigenvalue weighted by molar-refractivity contribution is -0.414. The molecule has 2 heterocycles. The normalized spacial score (nSPS) is 91.6. The molecule has 6 aliphatic rings. The van der Waals surface area contributed by atoms with Crippen molar-refractivity contribution < 1.29 is 5.11 Å². The summed E-state index contributed by atoms with van der Waals surface area (Å²) in [6.45, 7) is 0. The van der Waals surface area contributed by atoms with Crippen LogP contribution in [0.5, 0.6) is 0 Å². The van der Waals surface area contributed by atoms with Gasteiger partial charge in [0.25, 0.3) is 0 Å². The van der Waals surface area contributed by atoms with Crippen molar-refractivity contribution in [2.24, 2.45) is 35.5 Å². The molecular weight excluding hydrogens is 162 g/mol. The third-order valence-corrected chi connectivity index (χ3v) is 5.86. The van der Waals surface area contributed by atoms with Crippen LogP contribution < -0.4 is 0 Å². The smallest absolute Gasteiger partial charge is 0.138 e. The number of aliphatic hydroxyl groups is 1. The molecule has 11 heavy (non-hydrogen) atoms. The van der Waals surface area contributed by atoms with E-state index in [0.29, 0.717) is 17.9 Å². The van der Waals surface area contributed by atoms with Gasteiger partial charge in [0, 0.05) is 17.9 Å². The Morgan fingerprint density at radius 2 is 1.73 bits per heavy atom. The molecule has 4 aliphatic carbocycles. The summed E-state index contributed by atoms with van der Waals surface area (Å²) >= 11 is 6.06. The van der Waals surface area contributed by atoms with Gasteiger partial charge in [-0.05, 0) is 35.4 Å². The Bertz CT molecular complexity index is 277. The van der Waals surface area contributed by atoms with Crippen molar-refractivity contribution in [2.75, 3.05) is 0 Å². The zero-order chi connectivity index (χ0) is 7.12. The van der Waals surface area contributed by atoms with Gasteiger partial charge < -0.3 is 5.11 Å². The van der Waals surface area contributed by atoms with Gasteiger partial charge in [0.1, 0.15) is 5.72 Å².